The molecule has 1 aromatic carbocycles. The molecular weight excluding hydrogens is 304 g/mol. The molecule has 4 N–H and O–H groups in total. The smallest absolute Gasteiger partial charge is 0.334 e. The lowest BCUT2D eigenvalue weighted by molar-refractivity contribution is -0.133. The van der Waals surface area contributed by atoms with Crippen molar-refractivity contribution in [1.29, 1.82) is 0 Å². The fourth-order valence-electron chi connectivity index (χ4n) is 2.77. The number of rotatable bonds is 4. The maximum atomic E-state index is 11.9. The average Bonchev–Trinajstić information content (AvgIpc) is 2.45. The third-order valence-corrected chi connectivity index (χ3v) is 3.91. The maximum Gasteiger partial charge on any atom is 0.334 e. The Kier molecular flexibility index (Phi) is 4.56. The number of halogens is 1. The number of amides is 1. The Hall–Kier alpha value is -2.27. The molecule has 0 saturated carbocycles. The van der Waals surface area contributed by atoms with Crippen molar-refractivity contribution in [3.05, 3.63) is 57.4 Å². The number of aliphatic carboxylic acids is 1. The standard InChI is InChI=1S/C16H17ClN2O3/c1-3-11-14(15(18)20)13(9-5-4-6-10(17)7-9)12(16(21)22)8(2)19-11/h4-7,13,19H,3H2,1-2H3,(H2,18,20)(H,21,22). The summed E-state index contributed by atoms with van der Waals surface area (Å²) < 4.78 is 0. The highest BCUT2D eigenvalue weighted by Crippen LogP contribution is 2.39. The Bertz CT molecular complexity index is 707. The van der Waals surface area contributed by atoms with Crippen molar-refractivity contribution in [3.8, 4) is 0 Å². The molecule has 116 valence electrons. The highest BCUT2D eigenvalue weighted by Gasteiger charge is 2.36. The van der Waals surface area contributed by atoms with Gasteiger partial charge in [-0.05, 0) is 31.0 Å². The van der Waals surface area contributed by atoms with Crippen LogP contribution >= 0.6 is 11.6 Å². The van der Waals surface area contributed by atoms with Gasteiger partial charge < -0.3 is 16.2 Å². The fourth-order valence-corrected chi connectivity index (χ4v) is 2.97. The van der Waals surface area contributed by atoms with Gasteiger partial charge in [0.05, 0.1) is 11.5 Å². The summed E-state index contributed by atoms with van der Waals surface area (Å²) in [5.41, 5.74) is 7.67. The molecule has 1 atom stereocenters. The minimum absolute atomic E-state index is 0.105. The summed E-state index contributed by atoms with van der Waals surface area (Å²) in [6.07, 6.45) is 0.541. The quantitative estimate of drug-likeness (QED) is 0.795. The summed E-state index contributed by atoms with van der Waals surface area (Å²) in [7, 11) is 0. The Morgan fingerprint density at radius 3 is 2.55 bits per heavy atom. The Balaban J connectivity index is 2.73. The summed E-state index contributed by atoms with van der Waals surface area (Å²) in [5.74, 6) is -2.46. The van der Waals surface area contributed by atoms with E-state index in [1.54, 1.807) is 31.2 Å². The van der Waals surface area contributed by atoms with Crippen LogP contribution in [0.25, 0.3) is 0 Å². The van der Waals surface area contributed by atoms with E-state index in [0.29, 0.717) is 28.4 Å². The summed E-state index contributed by atoms with van der Waals surface area (Å²) in [4.78, 5) is 23.6. The number of carboxylic acids is 1. The highest BCUT2D eigenvalue weighted by atomic mass is 35.5. The van der Waals surface area contributed by atoms with Gasteiger partial charge in [-0.3, -0.25) is 4.79 Å². The number of benzene rings is 1. The number of dihydropyridines is 1. The first-order valence-corrected chi connectivity index (χ1v) is 7.24. The van der Waals surface area contributed by atoms with Crippen molar-refractivity contribution in [1.82, 2.24) is 5.32 Å². The number of allylic oxidation sites excluding steroid dienone is 2. The van der Waals surface area contributed by atoms with Crippen molar-refractivity contribution in [2.75, 3.05) is 0 Å². The summed E-state index contributed by atoms with van der Waals surface area (Å²) in [6.45, 7) is 3.55. The first-order chi connectivity index (χ1) is 10.4. The lowest BCUT2D eigenvalue weighted by Gasteiger charge is -2.30. The van der Waals surface area contributed by atoms with Gasteiger partial charge in [-0.25, -0.2) is 4.79 Å². The third kappa shape index (κ3) is 2.85. The van der Waals surface area contributed by atoms with Crippen LogP contribution in [-0.4, -0.2) is 17.0 Å². The van der Waals surface area contributed by atoms with Crippen LogP contribution in [0.3, 0.4) is 0 Å². The van der Waals surface area contributed by atoms with Crippen LogP contribution in [0.5, 0.6) is 0 Å². The third-order valence-electron chi connectivity index (χ3n) is 3.68. The minimum Gasteiger partial charge on any atom is -0.478 e. The predicted octanol–water partition coefficient (Wildman–Crippen LogP) is 2.53. The van der Waals surface area contributed by atoms with Crippen LogP contribution in [-0.2, 0) is 9.59 Å². The monoisotopic (exact) mass is 320 g/mol. The molecule has 5 nitrogen and oxygen atoms in total. The van der Waals surface area contributed by atoms with Gasteiger partial charge in [0.25, 0.3) is 0 Å². The Morgan fingerprint density at radius 1 is 1.36 bits per heavy atom. The Morgan fingerprint density at radius 2 is 2.05 bits per heavy atom. The van der Waals surface area contributed by atoms with Crippen molar-refractivity contribution >= 4 is 23.5 Å². The van der Waals surface area contributed by atoms with Crippen molar-refractivity contribution < 1.29 is 14.7 Å². The maximum absolute atomic E-state index is 11.9. The van der Waals surface area contributed by atoms with Crippen LogP contribution in [0.1, 0.15) is 31.7 Å². The highest BCUT2D eigenvalue weighted by molar-refractivity contribution is 6.30. The normalized spacial score (nSPS) is 18.2. The molecule has 0 radical (unpaired) electrons. The summed E-state index contributed by atoms with van der Waals surface area (Å²) >= 11 is 6.01. The molecule has 0 aromatic heterocycles. The molecule has 0 aliphatic carbocycles. The van der Waals surface area contributed by atoms with Crippen LogP contribution in [0, 0.1) is 0 Å². The second-order valence-electron chi connectivity index (χ2n) is 5.07. The summed E-state index contributed by atoms with van der Waals surface area (Å²) in [5, 5.41) is 13.0. The average molecular weight is 321 g/mol. The number of carboxylic acid groups (broad SMARTS) is 1. The molecular formula is C16H17ClN2O3. The van der Waals surface area contributed by atoms with E-state index in [1.807, 2.05) is 6.92 Å². The van der Waals surface area contributed by atoms with E-state index in [2.05, 4.69) is 5.32 Å². The first kappa shape index (κ1) is 16.1. The number of hydrogen-bond donors (Lipinski definition) is 3. The second kappa shape index (κ2) is 6.23. The molecule has 1 aromatic rings. The van der Waals surface area contributed by atoms with E-state index in [-0.39, 0.29) is 11.1 Å². The zero-order valence-electron chi connectivity index (χ0n) is 12.3. The molecule has 22 heavy (non-hydrogen) atoms. The summed E-state index contributed by atoms with van der Waals surface area (Å²) in [6, 6.07) is 6.81. The van der Waals surface area contributed by atoms with Crippen LogP contribution in [0.4, 0.5) is 0 Å². The molecule has 1 heterocycles. The molecule has 0 spiro atoms. The molecule has 0 fully saturated rings. The van der Waals surface area contributed by atoms with E-state index in [4.69, 9.17) is 17.3 Å². The molecule has 1 amide bonds. The van der Waals surface area contributed by atoms with E-state index >= 15 is 0 Å². The lowest BCUT2D eigenvalue weighted by Crippen LogP contribution is -2.34. The molecule has 6 heteroatoms. The van der Waals surface area contributed by atoms with Crippen LogP contribution < -0.4 is 11.1 Å². The fraction of sp³-hybridized carbons (Fsp3) is 0.250. The largest absolute Gasteiger partial charge is 0.478 e. The van der Waals surface area contributed by atoms with Gasteiger partial charge in [-0.15, -0.1) is 0 Å². The number of carbonyl (C=O) groups excluding carboxylic acids is 1. The van der Waals surface area contributed by atoms with Gasteiger partial charge >= 0.3 is 5.97 Å². The van der Waals surface area contributed by atoms with Gasteiger partial charge in [-0.2, -0.15) is 0 Å². The number of nitrogens with one attached hydrogen (secondary N) is 1. The first-order valence-electron chi connectivity index (χ1n) is 6.86. The van der Waals surface area contributed by atoms with E-state index in [0.717, 1.165) is 0 Å². The van der Waals surface area contributed by atoms with Crippen LogP contribution in [0.15, 0.2) is 46.8 Å². The van der Waals surface area contributed by atoms with Gasteiger partial charge in [0, 0.05) is 22.0 Å². The van der Waals surface area contributed by atoms with Crippen molar-refractivity contribution in [3.63, 3.8) is 0 Å². The van der Waals surface area contributed by atoms with E-state index in [9.17, 15) is 14.7 Å². The molecule has 0 bridgehead atoms. The number of hydrogen-bond acceptors (Lipinski definition) is 3. The SMILES string of the molecule is CCC1=C(C(N)=O)C(c2cccc(Cl)c2)C(C(=O)O)=C(C)N1. The van der Waals surface area contributed by atoms with Crippen LogP contribution in [0.2, 0.25) is 5.02 Å². The molecule has 2 rings (SSSR count). The number of primary amides is 1. The zero-order valence-corrected chi connectivity index (χ0v) is 13.1. The van der Waals surface area contributed by atoms with E-state index in [1.165, 1.54) is 0 Å². The van der Waals surface area contributed by atoms with E-state index < -0.39 is 17.8 Å². The Labute approximate surface area is 133 Å². The van der Waals surface area contributed by atoms with Gasteiger partial charge in [-0.1, -0.05) is 30.7 Å². The van der Waals surface area contributed by atoms with Crippen molar-refractivity contribution in [2.45, 2.75) is 26.2 Å². The van der Waals surface area contributed by atoms with Crippen molar-refractivity contribution in [2.24, 2.45) is 5.73 Å². The number of nitrogens with two attached hydrogens (primary N) is 1. The topological polar surface area (TPSA) is 92.4 Å². The molecule has 1 aliphatic heterocycles. The molecule has 1 unspecified atom stereocenters. The van der Waals surface area contributed by atoms with Gasteiger partial charge in [0.1, 0.15) is 0 Å². The molecule has 0 saturated heterocycles. The van der Waals surface area contributed by atoms with Gasteiger partial charge in [0.2, 0.25) is 5.91 Å². The zero-order chi connectivity index (χ0) is 16.4. The minimum atomic E-state index is -1.09. The predicted molar refractivity (Wildman–Crippen MR) is 84.2 cm³/mol. The lowest BCUT2D eigenvalue weighted by atomic mass is 9.79. The van der Waals surface area contributed by atoms with Gasteiger partial charge in [0.15, 0.2) is 0 Å². The molecule has 1 aliphatic rings. The second-order valence-corrected chi connectivity index (χ2v) is 5.50. The number of carbonyl (C=O) groups is 2.